The van der Waals surface area contributed by atoms with E-state index in [2.05, 4.69) is 51.4 Å². The Morgan fingerprint density at radius 3 is 2.56 bits per heavy atom. The van der Waals surface area contributed by atoms with Crippen LogP contribution in [0, 0.1) is 12.8 Å². The fraction of sp³-hybridized carbons (Fsp3) is 0.812. The molecule has 1 aliphatic heterocycles. The van der Waals surface area contributed by atoms with E-state index in [-0.39, 0.29) is 24.0 Å². The van der Waals surface area contributed by atoms with Crippen LogP contribution in [0.2, 0.25) is 0 Å². The number of hydrogen-bond donors (Lipinski definition) is 2. The van der Waals surface area contributed by atoms with Crippen LogP contribution in [0.3, 0.4) is 0 Å². The highest BCUT2D eigenvalue weighted by Gasteiger charge is 2.23. The lowest BCUT2D eigenvalue weighted by Crippen LogP contribution is -2.52. The molecule has 1 aromatic heterocycles. The van der Waals surface area contributed by atoms with Crippen LogP contribution in [0.1, 0.15) is 32.5 Å². The molecule has 1 atom stereocenters. The summed E-state index contributed by atoms with van der Waals surface area (Å²) in [6.07, 6.45) is 0. The van der Waals surface area contributed by atoms with Gasteiger partial charge in [-0.05, 0) is 19.8 Å². The number of ether oxygens (including phenoxy) is 1. The smallest absolute Gasteiger partial charge is 0.248 e. The molecule has 25 heavy (non-hydrogen) atoms. The highest BCUT2D eigenvalue weighted by molar-refractivity contribution is 14.0. The van der Waals surface area contributed by atoms with Crippen LogP contribution < -0.4 is 10.6 Å². The molecule has 144 valence electrons. The minimum Gasteiger partial charge on any atom is -0.379 e. The van der Waals surface area contributed by atoms with Gasteiger partial charge in [0.25, 0.3) is 0 Å². The lowest BCUT2D eigenvalue weighted by molar-refractivity contribution is 0.00752. The van der Waals surface area contributed by atoms with Gasteiger partial charge in [-0.15, -0.1) is 24.0 Å². The van der Waals surface area contributed by atoms with Crippen LogP contribution in [-0.4, -0.2) is 66.4 Å². The van der Waals surface area contributed by atoms with Gasteiger partial charge in [0.15, 0.2) is 11.8 Å². The first-order valence-corrected chi connectivity index (χ1v) is 8.73. The zero-order chi connectivity index (χ0) is 17.4. The minimum atomic E-state index is 0. The average molecular weight is 466 g/mol. The van der Waals surface area contributed by atoms with Crippen molar-refractivity contribution < 1.29 is 9.26 Å². The van der Waals surface area contributed by atoms with E-state index in [0.717, 1.165) is 45.4 Å². The van der Waals surface area contributed by atoms with Gasteiger partial charge in [-0.2, -0.15) is 4.98 Å². The average Bonchev–Trinajstić information content (AvgIpc) is 2.99. The van der Waals surface area contributed by atoms with Crippen molar-refractivity contribution in [2.75, 3.05) is 39.4 Å². The topological polar surface area (TPSA) is 87.8 Å². The first-order valence-electron chi connectivity index (χ1n) is 8.73. The third-order valence-electron chi connectivity index (χ3n) is 4.05. The van der Waals surface area contributed by atoms with E-state index in [0.29, 0.717) is 30.2 Å². The summed E-state index contributed by atoms with van der Waals surface area (Å²) in [5.41, 5.74) is 0. The van der Waals surface area contributed by atoms with E-state index in [4.69, 9.17) is 9.26 Å². The Kier molecular flexibility index (Phi) is 10.3. The Morgan fingerprint density at radius 2 is 2.00 bits per heavy atom. The van der Waals surface area contributed by atoms with Crippen LogP contribution in [0.5, 0.6) is 0 Å². The van der Waals surface area contributed by atoms with Crippen molar-refractivity contribution in [2.45, 2.75) is 40.3 Å². The van der Waals surface area contributed by atoms with Crippen LogP contribution in [-0.2, 0) is 11.3 Å². The zero-order valence-electron chi connectivity index (χ0n) is 15.6. The predicted molar refractivity (Wildman–Crippen MR) is 108 cm³/mol. The van der Waals surface area contributed by atoms with Crippen molar-refractivity contribution in [3.8, 4) is 0 Å². The molecule has 1 aromatic rings. The molecule has 1 unspecified atom stereocenters. The minimum absolute atomic E-state index is 0. The van der Waals surface area contributed by atoms with Gasteiger partial charge < -0.3 is 19.9 Å². The summed E-state index contributed by atoms with van der Waals surface area (Å²) in [4.78, 5) is 11.2. The normalized spacial score (nSPS) is 17.2. The van der Waals surface area contributed by atoms with Gasteiger partial charge in [0.1, 0.15) is 6.54 Å². The number of morpholine rings is 1. The van der Waals surface area contributed by atoms with Gasteiger partial charge in [-0.1, -0.05) is 19.0 Å². The van der Waals surface area contributed by atoms with Crippen molar-refractivity contribution in [1.82, 2.24) is 25.7 Å². The van der Waals surface area contributed by atoms with Crippen molar-refractivity contribution in [3.05, 3.63) is 11.7 Å². The molecule has 0 aliphatic carbocycles. The molecule has 9 heteroatoms. The molecule has 1 fully saturated rings. The molecule has 8 nitrogen and oxygen atoms in total. The second-order valence-electron chi connectivity index (χ2n) is 6.27. The summed E-state index contributed by atoms with van der Waals surface area (Å²) < 4.78 is 10.6. The molecule has 0 aromatic carbocycles. The molecular formula is C16H31IN6O2. The third-order valence-corrected chi connectivity index (χ3v) is 4.05. The summed E-state index contributed by atoms with van der Waals surface area (Å²) in [7, 11) is 0. The third kappa shape index (κ3) is 7.45. The standard InChI is InChI=1S/C16H30N6O2.HI/c1-5-17-16(19-11-15-20-13(4)21-24-15)18-10-14(12(2)3)22-6-8-23-9-7-22;/h12,14H,5-11H2,1-4H3,(H2,17,18,19);1H. The van der Waals surface area contributed by atoms with Crippen LogP contribution in [0.25, 0.3) is 0 Å². The zero-order valence-corrected chi connectivity index (χ0v) is 17.9. The highest BCUT2D eigenvalue weighted by atomic mass is 127. The molecule has 1 saturated heterocycles. The lowest BCUT2D eigenvalue weighted by atomic mass is 10.0. The van der Waals surface area contributed by atoms with Crippen LogP contribution in [0.4, 0.5) is 0 Å². The SMILES string of the molecule is CCNC(=NCc1nc(C)no1)NCC(C(C)C)N1CCOCC1.I. The predicted octanol–water partition coefficient (Wildman–Crippen LogP) is 1.41. The number of halogens is 1. The number of aliphatic imine (C=N–C) groups is 1. The lowest BCUT2D eigenvalue weighted by Gasteiger charge is -2.37. The second kappa shape index (κ2) is 11.6. The molecule has 0 radical (unpaired) electrons. The van der Waals surface area contributed by atoms with E-state index < -0.39 is 0 Å². The number of rotatable bonds is 7. The molecule has 2 heterocycles. The Labute approximate surface area is 167 Å². The summed E-state index contributed by atoms with van der Waals surface area (Å²) in [6, 6.07) is 0.448. The number of aryl methyl sites for hydroxylation is 1. The van der Waals surface area contributed by atoms with E-state index in [1.165, 1.54) is 0 Å². The highest BCUT2D eigenvalue weighted by Crippen LogP contribution is 2.12. The quantitative estimate of drug-likeness (QED) is 0.357. The van der Waals surface area contributed by atoms with Gasteiger partial charge in [-0.25, -0.2) is 4.99 Å². The first-order chi connectivity index (χ1) is 11.6. The van der Waals surface area contributed by atoms with Gasteiger partial charge in [0.05, 0.1) is 13.2 Å². The molecule has 0 saturated carbocycles. The summed E-state index contributed by atoms with van der Waals surface area (Å²) in [6.45, 7) is 14.0. The van der Waals surface area contributed by atoms with Crippen molar-refractivity contribution in [3.63, 3.8) is 0 Å². The maximum absolute atomic E-state index is 5.46. The van der Waals surface area contributed by atoms with Crippen LogP contribution in [0.15, 0.2) is 9.52 Å². The number of nitrogens with zero attached hydrogens (tertiary/aromatic N) is 4. The Balaban J connectivity index is 0.00000312. The first kappa shape index (κ1) is 22.1. The van der Waals surface area contributed by atoms with Crippen molar-refractivity contribution in [2.24, 2.45) is 10.9 Å². The fourth-order valence-electron chi connectivity index (χ4n) is 2.79. The number of guanidine groups is 1. The molecule has 0 spiro atoms. The van der Waals surface area contributed by atoms with E-state index in [1.807, 2.05) is 0 Å². The van der Waals surface area contributed by atoms with Gasteiger partial charge in [0.2, 0.25) is 5.89 Å². The van der Waals surface area contributed by atoms with Crippen LogP contribution >= 0.6 is 24.0 Å². The summed E-state index contributed by atoms with van der Waals surface area (Å²) in [5, 5.41) is 10.5. The molecular weight excluding hydrogens is 435 g/mol. The van der Waals surface area contributed by atoms with Gasteiger partial charge in [-0.3, -0.25) is 4.90 Å². The Morgan fingerprint density at radius 1 is 1.28 bits per heavy atom. The molecule has 1 aliphatic rings. The largest absolute Gasteiger partial charge is 0.379 e. The summed E-state index contributed by atoms with van der Waals surface area (Å²) >= 11 is 0. The number of aromatic nitrogens is 2. The van der Waals surface area contributed by atoms with Crippen molar-refractivity contribution in [1.29, 1.82) is 0 Å². The second-order valence-corrected chi connectivity index (χ2v) is 6.27. The molecule has 0 amide bonds. The molecule has 0 bridgehead atoms. The van der Waals surface area contributed by atoms with E-state index >= 15 is 0 Å². The Hall–Kier alpha value is -0.940. The summed E-state index contributed by atoms with van der Waals surface area (Å²) in [5.74, 6) is 2.48. The molecule has 2 rings (SSSR count). The van der Waals surface area contributed by atoms with Gasteiger partial charge in [0, 0.05) is 32.2 Å². The Bertz CT molecular complexity index is 516. The number of nitrogens with one attached hydrogen (secondary N) is 2. The van der Waals surface area contributed by atoms with Crippen molar-refractivity contribution >= 4 is 29.9 Å². The number of hydrogen-bond acceptors (Lipinski definition) is 6. The molecule has 2 N–H and O–H groups in total. The maximum Gasteiger partial charge on any atom is 0.248 e. The van der Waals surface area contributed by atoms with E-state index in [9.17, 15) is 0 Å². The maximum atomic E-state index is 5.46. The van der Waals surface area contributed by atoms with E-state index in [1.54, 1.807) is 6.92 Å². The monoisotopic (exact) mass is 466 g/mol. The van der Waals surface area contributed by atoms with Gasteiger partial charge >= 0.3 is 0 Å². The fourth-order valence-corrected chi connectivity index (χ4v) is 2.79.